The van der Waals surface area contributed by atoms with Crippen molar-refractivity contribution in [1.29, 1.82) is 0 Å². The van der Waals surface area contributed by atoms with Crippen LogP contribution < -0.4 is 10.8 Å². The van der Waals surface area contributed by atoms with Gasteiger partial charge in [-0.1, -0.05) is 23.7 Å². The van der Waals surface area contributed by atoms with Crippen molar-refractivity contribution in [3.63, 3.8) is 0 Å². The molecule has 0 atom stereocenters. The van der Waals surface area contributed by atoms with Gasteiger partial charge in [0.05, 0.1) is 0 Å². The van der Waals surface area contributed by atoms with Gasteiger partial charge in [0.25, 0.3) is 0 Å². The first-order chi connectivity index (χ1) is 7.29. The normalized spacial score (nSPS) is 11.6. The van der Waals surface area contributed by atoms with E-state index < -0.39 is 7.12 Å². The molecule has 0 spiro atoms. The molecule has 0 unspecified atom stereocenters. The molecule has 5 heteroatoms. The Kier molecular flexibility index (Phi) is 4.39. The van der Waals surface area contributed by atoms with Crippen LogP contribution in [0.15, 0.2) is 18.2 Å². The third kappa shape index (κ3) is 4.14. The zero-order valence-electron chi connectivity index (χ0n) is 9.79. The van der Waals surface area contributed by atoms with E-state index in [0.29, 0.717) is 17.0 Å². The second-order valence-corrected chi connectivity index (χ2v) is 5.24. The molecule has 3 nitrogen and oxygen atoms in total. The van der Waals surface area contributed by atoms with Gasteiger partial charge < -0.3 is 15.4 Å². The maximum atomic E-state index is 9.01. The fourth-order valence-corrected chi connectivity index (χ4v) is 1.56. The molecule has 0 aliphatic heterocycles. The number of halogens is 1. The Bertz CT molecular complexity index is 363. The van der Waals surface area contributed by atoms with E-state index in [4.69, 9.17) is 21.6 Å². The van der Waals surface area contributed by atoms with Crippen LogP contribution in [0.5, 0.6) is 0 Å². The van der Waals surface area contributed by atoms with Gasteiger partial charge in [-0.3, -0.25) is 0 Å². The van der Waals surface area contributed by atoms with E-state index in [1.807, 2.05) is 6.07 Å². The van der Waals surface area contributed by atoms with Crippen molar-refractivity contribution in [3.05, 3.63) is 28.8 Å². The average Bonchev–Trinajstić information content (AvgIpc) is 2.13. The van der Waals surface area contributed by atoms with E-state index in [-0.39, 0.29) is 5.54 Å². The van der Waals surface area contributed by atoms with Crippen molar-refractivity contribution in [2.24, 2.45) is 0 Å². The predicted molar refractivity (Wildman–Crippen MR) is 67.9 cm³/mol. The molecule has 0 fully saturated rings. The SMILES string of the molecule is CC(C)(C)NCc1ccc(B(O)O)c(Cl)c1. The van der Waals surface area contributed by atoms with Gasteiger partial charge in [0, 0.05) is 22.6 Å². The first kappa shape index (κ1) is 13.5. The topological polar surface area (TPSA) is 52.5 Å². The van der Waals surface area contributed by atoms with Crippen LogP contribution in [0.3, 0.4) is 0 Å². The molecule has 1 rings (SSSR count). The minimum Gasteiger partial charge on any atom is -0.423 e. The zero-order chi connectivity index (χ0) is 12.3. The highest BCUT2D eigenvalue weighted by Gasteiger charge is 2.15. The lowest BCUT2D eigenvalue weighted by Crippen LogP contribution is -2.35. The monoisotopic (exact) mass is 241 g/mol. The molecular weight excluding hydrogens is 224 g/mol. The van der Waals surface area contributed by atoms with Crippen LogP contribution in [0.4, 0.5) is 0 Å². The van der Waals surface area contributed by atoms with Crippen LogP contribution in [-0.4, -0.2) is 22.7 Å². The molecule has 88 valence electrons. The lowest BCUT2D eigenvalue weighted by Gasteiger charge is -2.20. The first-order valence-corrected chi connectivity index (χ1v) is 5.57. The molecule has 3 N–H and O–H groups in total. The highest BCUT2D eigenvalue weighted by atomic mass is 35.5. The number of rotatable bonds is 3. The Morgan fingerprint density at radius 1 is 1.31 bits per heavy atom. The molecule has 0 bridgehead atoms. The fraction of sp³-hybridized carbons (Fsp3) is 0.455. The Morgan fingerprint density at radius 3 is 2.38 bits per heavy atom. The predicted octanol–water partition coefficient (Wildman–Crippen LogP) is 0.908. The number of hydrogen-bond donors (Lipinski definition) is 3. The second kappa shape index (κ2) is 5.19. The van der Waals surface area contributed by atoms with Gasteiger partial charge >= 0.3 is 7.12 Å². The summed E-state index contributed by atoms with van der Waals surface area (Å²) in [7, 11) is -1.52. The molecule has 0 saturated carbocycles. The molecule has 0 aromatic heterocycles. The summed E-state index contributed by atoms with van der Waals surface area (Å²) in [6.45, 7) is 6.95. The third-order valence-corrected chi connectivity index (χ3v) is 2.49. The summed E-state index contributed by atoms with van der Waals surface area (Å²) in [6, 6.07) is 5.21. The molecule has 16 heavy (non-hydrogen) atoms. The van der Waals surface area contributed by atoms with E-state index in [1.165, 1.54) is 0 Å². The van der Waals surface area contributed by atoms with E-state index in [9.17, 15) is 0 Å². The van der Waals surface area contributed by atoms with Crippen LogP contribution in [-0.2, 0) is 6.54 Å². The quantitative estimate of drug-likeness (QED) is 0.690. The summed E-state index contributed by atoms with van der Waals surface area (Å²) in [5.74, 6) is 0. The van der Waals surface area contributed by atoms with E-state index in [1.54, 1.807) is 12.1 Å². The van der Waals surface area contributed by atoms with Gasteiger partial charge in [-0.15, -0.1) is 0 Å². The number of nitrogens with one attached hydrogen (secondary N) is 1. The lowest BCUT2D eigenvalue weighted by molar-refractivity contribution is 0.423. The fourth-order valence-electron chi connectivity index (χ4n) is 1.26. The first-order valence-electron chi connectivity index (χ1n) is 5.19. The summed E-state index contributed by atoms with van der Waals surface area (Å²) in [5.41, 5.74) is 1.40. The Morgan fingerprint density at radius 2 is 1.94 bits per heavy atom. The van der Waals surface area contributed by atoms with Crippen molar-refractivity contribution in [2.45, 2.75) is 32.9 Å². The largest absolute Gasteiger partial charge is 0.489 e. The van der Waals surface area contributed by atoms with Crippen LogP contribution >= 0.6 is 11.6 Å². The molecule has 0 radical (unpaired) electrons. The molecule has 0 saturated heterocycles. The van der Waals surface area contributed by atoms with Crippen molar-refractivity contribution >= 4 is 24.2 Å². The van der Waals surface area contributed by atoms with Gasteiger partial charge in [0.15, 0.2) is 0 Å². The van der Waals surface area contributed by atoms with E-state index in [0.717, 1.165) is 5.56 Å². The highest BCUT2D eigenvalue weighted by Crippen LogP contribution is 2.10. The Hall–Kier alpha value is -0.545. The molecular formula is C11H17BClNO2. The summed E-state index contributed by atoms with van der Waals surface area (Å²) < 4.78 is 0. The van der Waals surface area contributed by atoms with E-state index >= 15 is 0 Å². The van der Waals surface area contributed by atoms with E-state index in [2.05, 4.69) is 26.1 Å². The number of hydrogen-bond acceptors (Lipinski definition) is 3. The van der Waals surface area contributed by atoms with Gasteiger partial charge in [-0.2, -0.15) is 0 Å². The lowest BCUT2D eigenvalue weighted by atomic mass is 9.80. The molecule has 0 aliphatic rings. The minimum absolute atomic E-state index is 0.0433. The minimum atomic E-state index is -1.52. The smallest absolute Gasteiger partial charge is 0.423 e. The summed E-state index contributed by atoms with van der Waals surface area (Å²) in [6.07, 6.45) is 0. The summed E-state index contributed by atoms with van der Waals surface area (Å²) in [4.78, 5) is 0. The maximum absolute atomic E-state index is 9.01. The highest BCUT2D eigenvalue weighted by molar-refractivity contribution is 6.62. The maximum Gasteiger partial charge on any atom is 0.489 e. The van der Waals surface area contributed by atoms with Crippen LogP contribution in [0.25, 0.3) is 0 Å². The van der Waals surface area contributed by atoms with Gasteiger partial charge in [-0.25, -0.2) is 0 Å². The van der Waals surface area contributed by atoms with Gasteiger partial charge in [0.1, 0.15) is 0 Å². The Labute approximate surface area is 102 Å². The van der Waals surface area contributed by atoms with Crippen molar-refractivity contribution < 1.29 is 10.0 Å². The molecule has 0 amide bonds. The van der Waals surface area contributed by atoms with Gasteiger partial charge in [-0.05, 0) is 32.4 Å². The molecule has 1 aromatic carbocycles. The molecule has 0 aliphatic carbocycles. The van der Waals surface area contributed by atoms with Crippen LogP contribution in [0, 0.1) is 0 Å². The standard InChI is InChI=1S/C11H17BClNO2/c1-11(2,3)14-7-8-4-5-9(12(15)16)10(13)6-8/h4-6,14-16H,7H2,1-3H3. The third-order valence-electron chi connectivity index (χ3n) is 2.17. The molecule has 1 aromatic rings. The molecule has 0 heterocycles. The van der Waals surface area contributed by atoms with Crippen molar-refractivity contribution in [1.82, 2.24) is 5.32 Å². The second-order valence-electron chi connectivity index (χ2n) is 4.83. The van der Waals surface area contributed by atoms with Crippen molar-refractivity contribution in [2.75, 3.05) is 0 Å². The van der Waals surface area contributed by atoms with Crippen LogP contribution in [0.1, 0.15) is 26.3 Å². The summed E-state index contributed by atoms with van der Waals surface area (Å²) >= 11 is 5.93. The Balaban J connectivity index is 2.74. The average molecular weight is 242 g/mol. The van der Waals surface area contributed by atoms with Crippen molar-refractivity contribution in [3.8, 4) is 0 Å². The van der Waals surface area contributed by atoms with Gasteiger partial charge in [0.2, 0.25) is 0 Å². The summed E-state index contributed by atoms with van der Waals surface area (Å²) in [5, 5.41) is 21.7. The van der Waals surface area contributed by atoms with Crippen LogP contribution in [0.2, 0.25) is 5.02 Å². The number of benzene rings is 1. The zero-order valence-corrected chi connectivity index (χ0v) is 10.5.